The first kappa shape index (κ1) is 23.4. The Labute approximate surface area is 193 Å². The van der Waals surface area contributed by atoms with E-state index in [1.54, 1.807) is 6.33 Å². The standard InChI is InChI=1S/C10H13N5.C10H12N4O5/c1-7(2)3-4-11-9-8-10(13-5-12-8)15-6-14-9;15-1-4-6(16)7(17)10(19-4)14-3-13-5-8(14)11-2-12-9(5)18/h5-6H,1,3-4H2,2H3,(H2,11,12,13,14,15);2-4,6-7,10,15-17H,1H2,(H,11,12,18)/t;4-,6-,7-,10-/m.1/s1. The minimum absolute atomic E-state index is 0.167. The summed E-state index contributed by atoms with van der Waals surface area (Å²) in [6.07, 6.45) is 2.26. The lowest BCUT2D eigenvalue weighted by molar-refractivity contribution is -0.0511. The Balaban J connectivity index is 0.000000166. The molecule has 4 aromatic heterocycles. The SMILES string of the molecule is C=C(C)CCNc1ncnc2nc[nH]c12.OC[C@H]1O[C@@H](n2cnc3c(O)ncnc32)[C@H](O)[C@@H]1O. The second-order valence-corrected chi connectivity index (χ2v) is 7.71. The number of aliphatic hydroxyl groups excluding tert-OH is 3. The number of aromatic hydroxyl groups is 1. The smallest absolute Gasteiger partial charge is 0.242 e. The van der Waals surface area contributed by atoms with E-state index in [9.17, 15) is 15.3 Å². The summed E-state index contributed by atoms with van der Waals surface area (Å²) in [6.45, 7) is 6.26. The van der Waals surface area contributed by atoms with Crippen molar-refractivity contribution in [2.75, 3.05) is 18.5 Å². The van der Waals surface area contributed by atoms with Crippen LogP contribution in [0.2, 0.25) is 0 Å². The van der Waals surface area contributed by atoms with Crippen LogP contribution >= 0.6 is 0 Å². The first-order chi connectivity index (χ1) is 16.4. The molecule has 180 valence electrons. The average molecular weight is 471 g/mol. The largest absolute Gasteiger partial charge is 0.492 e. The van der Waals surface area contributed by atoms with Gasteiger partial charge in [-0.1, -0.05) is 5.57 Å². The molecule has 1 aliphatic rings. The number of nitrogens with zero attached hydrogens (tertiary/aromatic N) is 7. The lowest BCUT2D eigenvalue weighted by Gasteiger charge is -2.16. The van der Waals surface area contributed by atoms with Crippen LogP contribution in [0.3, 0.4) is 0 Å². The van der Waals surface area contributed by atoms with Gasteiger partial charge in [0.2, 0.25) is 5.88 Å². The first-order valence-electron chi connectivity index (χ1n) is 10.4. The molecule has 0 unspecified atom stereocenters. The molecule has 14 nitrogen and oxygen atoms in total. The van der Waals surface area contributed by atoms with Gasteiger partial charge in [-0.25, -0.2) is 24.9 Å². The van der Waals surface area contributed by atoms with Crippen LogP contribution in [0, 0.1) is 0 Å². The summed E-state index contributed by atoms with van der Waals surface area (Å²) < 4.78 is 6.73. The molecule has 0 aliphatic carbocycles. The van der Waals surface area contributed by atoms with Crippen molar-refractivity contribution in [3.63, 3.8) is 0 Å². The van der Waals surface area contributed by atoms with Crippen molar-refractivity contribution in [3.05, 3.63) is 37.5 Å². The molecule has 1 saturated heterocycles. The van der Waals surface area contributed by atoms with Crippen molar-refractivity contribution in [3.8, 4) is 5.88 Å². The summed E-state index contributed by atoms with van der Waals surface area (Å²) in [5.74, 6) is 0.509. The Morgan fingerprint density at radius 2 is 1.94 bits per heavy atom. The third-order valence-corrected chi connectivity index (χ3v) is 5.20. The number of imidazole rings is 2. The minimum atomic E-state index is -1.23. The Hall–Kier alpha value is -3.72. The van der Waals surface area contributed by atoms with E-state index in [1.807, 2.05) is 6.92 Å². The highest BCUT2D eigenvalue weighted by atomic mass is 16.6. The molecule has 0 saturated carbocycles. The van der Waals surface area contributed by atoms with Crippen molar-refractivity contribution in [1.29, 1.82) is 0 Å². The summed E-state index contributed by atoms with van der Waals surface area (Å²) in [4.78, 5) is 26.7. The Morgan fingerprint density at radius 3 is 2.68 bits per heavy atom. The van der Waals surface area contributed by atoms with E-state index in [-0.39, 0.29) is 17.0 Å². The van der Waals surface area contributed by atoms with Gasteiger partial charge < -0.3 is 35.5 Å². The fourth-order valence-electron chi connectivity index (χ4n) is 3.43. The van der Waals surface area contributed by atoms with Gasteiger partial charge in [0.15, 0.2) is 28.9 Å². The molecule has 0 radical (unpaired) electrons. The molecule has 5 rings (SSSR count). The number of aliphatic hydroxyl groups is 3. The van der Waals surface area contributed by atoms with E-state index in [0.29, 0.717) is 5.65 Å². The van der Waals surface area contributed by atoms with Gasteiger partial charge in [-0.3, -0.25) is 4.57 Å². The van der Waals surface area contributed by atoms with Gasteiger partial charge >= 0.3 is 0 Å². The maximum absolute atomic E-state index is 9.92. The van der Waals surface area contributed by atoms with E-state index in [0.717, 1.165) is 36.2 Å². The van der Waals surface area contributed by atoms with Gasteiger partial charge in [-0.15, -0.1) is 6.58 Å². The number of hydrogen-bond acceptors (Lipinski definition) is 12. The van der Waals surface area contributed by atoms with E-state index in [4.69, 9.17) is 9.84 Å². The van der Waals surface area contributed by atoms with Crippen molar-refractivity contribution in [2.24, 2.45) is 0 Å². The minimum Gasteiger partial charge on any atom is -0.492 e. The molecule has 4 aromatic rings. The highest BCUT2D eigenvalue weighted by molar-refractivity contribution is 5.81. The third kappa shape index (κ3) is 4.65. The number of nitrogens with one attached hydrogen (secondary N) is 2. The van der Waals surface area contributed by atoms with Crippen molar-refractivity contribution in [1.82, 2.24) is 39.5 Å². The fraction of sp³-hybridized carbons (Fsp3) is 0.400. The molecule has 0 amide bonds. The molecule has 0 bridgehead atoms. The second-order valence-electron chi connectivity index (χ2n) is 7.71. The molecule has 0 spiro atoms. The number of aromatic amines is 1. The van der Waals surface area contributed by atoms with E-state index >= 15 is 0 Å². The van der Waals surface area contributed by atoms with E-state index in [1.165, 1.54) is 17.2 Å². The molecule has 0 aromatic carbocycles. The number of H-pyrrole nitrogens is 1. The van der Waals surface area contributed by atoms with Crippen molar-refractivity contribution >= 4 is 28.1 Å². The maximum atomic E-state index is 9.92. The molecule has 5 heterocycles. The molecular weight excluding hydrogens is 446 g/mol. The average Bonchev–Trinajstić information content (AvgIpc) is 3.53. The number of anilines is 1. The van der Waals surface area contributed by atoms with Crippen LogP contribution < -0.4 is 5.32 Å². The fourth-order valence-corrected chi connectivity index (χ4v) is 3.43. The molecular formula is C20H25N9O5. The highest BCUT2D eigenvalue weighted by Gasteiger charge is 2.44. The number of fused-ring (bicyclic) bond motifs is 2. The number of hydrogen-bond donors (Lipinski definition) is 6. The number of aromatic nitrogens is 8. The monoisotopic (exact) mass is 471 g/mol. The summed E-state index contributed by atoms with van der Waals surface area (Å²) in [6, 6.07) is 0. The summed E-state index contributed by atoms with van der Waals surface area (Å²) >= 11 is 0. The van der Waals surface area contributed by atoms with Gasteiger partial charge in [0.1, 0.15) is 36.5 Å². The Morgan fingerprint density at radius 1 is 1.15 bits per heavy atom. The van der Waals surface area contributed by atoms with Crippen LogP contribution in [0.25, 0.3) is 22.3 Å². The van der Waals surface area contributed by atoms with Crippen LogP contribution in [-0.4, -0.2) is 91.3 Å². The first-order valence-corrected chi connectivity index (χ1v) is 10.4. The number of ether oxygens (including phenoxy) is 1. The third-order valence-electron chi connectivity index (χ3n) is 5.20. The zero-order valence-electron chi connectivity index (χ0n) is 18.3. The van der Waals surface area contributed by atoms with Gasteiger partial charge in [0, 0.05) is 6.54 Å². The van der Waals surface area contributed by atoms with Crippen molar-refractivity contribution < 1.29 is 25.2 Å². The number of rotatable bonds is 6. The maximum Gasteiger partial charge on any atom is 0.242 e. The van der Waals surface area contributed by atoms with E-state index < -0.39 is 31.1 Å². The normalized spacial score (nSPS) is 22.0. The molecule has 1 fully saturated rings. The van der Waals surface area contributed by atoms with Gasteiger partial charge in [-0.05, 0) is 13.3 Å². The van der Waals surface area contributed by atoms with Crippen LogP contribution in [0.5, 0.6) is 5.88 Å². The van der Waals surface area contributed by atoms with Crippen molar-refractivity contribution in [2.45, 2.75) is 37.9 Å². The lowest BCUT2D eigenvalue weighted by Crippen LogP contribution is -2.33. The van der Waals surface area contributed by atoms with Gasteiger partial charge in [0.25, 0.3) is 0 Å². The van der Waals surface area contributed by atoms with Gasteiger partial charge in [-0.2, -0.15) is 4.98 Å². The quantitative estimate of drug-likeness (QED) is 0.204. The molecule has 6 N–H and O–H groups in total. The van der Waals surface area contributed by atoms with Gasteiger partial charge in [0.05, 0.1) is 19.3 Å². The zero-order chi connectivity index (χ0) is 24.2. The predicted molar refractivity (Wildman–Crippen MR) is 120 cm³/mol. The zero-order valence-corrected chi connectivity index (χ0v) is 18.3. The van der Waals surface area contributed by atoms with Crippen LogP contribution in [0.1, 0.15) is 19.6 Å². The topological polar surface area (TPSA) is 200 Å². The Bertz CT molecular complexity index is 1280. The molecule has 14 heteroatoms. The lowest BCUT2D eigenvalue weighted by atomic mass is 10.1. The van der Waals surface area contributed by atoms with Crippen LogP contribution in [0.4, 0.5) is 5.82 Å². The summed E-state index contributed by atoms with van der Waals surface area (Å²) in [5, 5.41) is 41.4. The molecule has 4 atom stereocenters. The Kier molecular flexibility index (Phi) is 6.93. The molecule has 34 heavy (non-hydrogen) atoms. The predicted octanol–water partition coefficient (Wildman–Crippen LogP) is -0.126. The van der Waals surface area contributed by atoms with Crippen LogP contribution in [-0.2, 0) is 4.74 Å². The summed E-state index contributed by atoms with van der Waals surface area (Å²) in [7, 11) is 0. The summed E-state index contributed by atoms with van der Waals surface area (Å²) in [5.41, 5.74) is 3.11. The van der Waals surface area contributed by atoms with E-state index in [2.05, 4.69) is 46.8 Å². The highest BCUT2D eigenvalue weighted by Crippen LogP contribution is 2.32. The second kappa shape index (κ2) is 10.0. The molecule has 1 aliphatic heterocycles. The van der Waals surface area contributed by atoms with Crippen LogP contribution in [0.15, 0.2) is 37.5 Å².